The van der Waals surface area contributed by atoms with Gasteiger partial charge in [0, 0.05) is 38.0 Å². The summed E-state index contributed by atoms with van der Waals surface area (Å²) in [4.78, 5) is 57.6. The molecule has 1 saturated heterocycles. The predicted molar refractivity (Wildman–Crippen MR) is 177 cm³/mol. The summed E-state index contributed by atoms with van der Waals surface area (Å²) in [5.74, 6) is -1.92. The third-order valence-electron chi connectivity index (χ3n) is 10.5. The molecule has 2 aliphatic carbocycles. The smallest absolute Gasteiger partial charge is 0.276 e. The Morgan fingerprint density at radius 2 is 1.75 bits per heavy atom. The monoisotopic (exact) mass is 667 g/mol. The second-order valence-corrected chi connectivity index (χ2v) is 14.2. The quantitative estimate of drug-likeness (QED) is 0.309. The second-order valence-electron chi connectivity index (χ2n) is 14.2. The van der Waals surface area contributed by atoms with Gasteiger partial charge in [0.15, 0.2) is 5.69 Å². The fourth-order valence-electron chi connectivity index (χ4n) is 6.82. The average molecular weight is 668 g/mol. The SMILES string of the molecule is CCc1nonc1C(=O)N[C@H](C(=O)Nc1ccc([C@H](C)[C@@H](NC(=O)CC2CC2)C(=O)N2CCN(C)[C@@H](C)C2)cc1F)C1CCC(C)CC1. The van der Waals surface area contributed by atoms with Crippen LogP contribution in [0, 0.1) is 23.6 Å². The van der Waals surface area contributed by atoms with Gasteiger partial charge in [0.2, 0.25) is 17.7 Å². The summed E-state index contributed by atoms with van der Waals surface area (Å²) >= 11 is 0. The number of halogens is 1. The predicted octanol–water partition coefficient (Wildman–Crippen LogP) is 3.89. The van der Waals surface area contributed by atoms with Crippen LogP contribution >= 0.6 is 0 Å². The zero-order chi connectivity index (χ0) is 34.5. The maximum absolute atomic E-state index is 15.7. The number of piperazine rings is 1. The van der Waals surface area contributed by atoms with Crippen LogP contribution in [0.3, 0.4) is 0 Å². The first-order valence-corrected chi connectivity index (χ1v) is 17.5. The van der Waals surface area contributed by atoms with Gasteiger partial charge in [-0.05, 0) is 86.7 Å². The van der Waals surface area contributed by atoms with Crippen LogP contribution in [0.2, 0.25) is 0 Å². The molecule has 13 heteroatoms. The summed E-state index contributed by atoms with van der Waals surface area (Å²) in [6.45, 7) is 9.67. The molecule has 3 fully saturated rings. The number of carbonyl (C=O) groups is 4. The van der Waals surface area contributed by atoms with Gasteiger partial charge >= 0.3 is 0 Å². The maximum Gasteiger partial charge on any atom is 0.276 e. The highest BCUT2D eigenvalue weighted by atomic mass is 19.1. The molecule has 3 aliphatic rings. The van der Waals surface area contributed by atoms with E-state index in [-0.39, 0.29) is 35.2 Å². The average Bonchev–Trinajstić information content (AvgIpc) is 3.75. The molecule has 0 unspecified atom stereocenters. The van der Waals surface area contributed by atoms with E-state index in [0.717, 1.165) is 45.1 Å². The molecule has 0 bridgehead atoms. The van der Waals surface area contributed by atoms with E-state index in [9.17, 15) is 19.2 Å². The zero-order valence-electron chi connectivity index (χ0n) is 28.8. The number of nitrogens with one attached hydrogen (secondary N) is 3. The normalized spacial score (nSPS) is 23.5. The van der Waals surface area contributed by atoms with Gasteiger partial charge in [-0.1, -0.05) is 44.8 Å². The van der Waals surface area contributed by atoms with Crippen molar-refractivity contribution in [2.24, 2.45) is 17.8 Å². The van der Waals surface area contributed by atoms with E-state index in [4.69, 9.17) is 4.63 Å². The van der Waals surface area contributed by atoms with Gasteiger partial charge in [0.1, 0.15) is 23.6 Å². The number of amides is 4. The highest BCUT2D eigenvalue weighted by Crippen LogP contribution is 2.33. The number of likely N-dealkylation sites (N-methyl/N-ethyl adjacent to an activating group) is 1. The lowest BCUT2D eigenvalue weighted by Crippen LogP contribution is -2.58. The molecule has 0 spiro atoms. The fraction of sp³-hybridized carbons (Fsp3) is 0.657. The molecular weight excluding hydrogens is 617 g/mol. The van der Waals surface area contributed by atoms with Crippen molar-refractivity contribution in [2.75, 3.05) is 32.0 Å². The van der Waals surface area contributed by atoms with Crippen molar-refractivity contribution in [3.05, 3.63) is 41.0 Å². The van der Waals surface area contributed by atoms with Crippen LogP contribution < -0.4 is 16.0 Å². The Balaban J connectivity index is 1.32. The molecule has 2 aromatic rings. The van der Waals surface area contributed by atoms with Crippen molar-refractivity contribution in [3.63, 3.8) is 0 Å². The van der Waals surface area contributed by atoms with Crippen LogP contribution in [-0.4, -0.2) is 88.5 Å². The van der Waals surface area contributed by atoms with Crippen molar-refractivity contribution in [2.45, 2.75) is 103 Å². The van der Waals surface area contributed by atoms with Crippen LogP contribution in [0.4, 0.5) is 10.1 Å². The van der Waals surface area contributed by atoms with E-state index in [0.29, 0.717) is 49.0 Å². The molecule has 12 nitrogen and oxygen atoms in total. The number of nitrogens with zero attached hydrogens (tertiary/aromatic N) is 4. The van der Waals surface area contributed by atoms with E-state index >= 15 is 4.39 Å². The topological polar surface area (TPSA) is 150 Å². The van der Waals surface area contributed by atoms with Crippen LogP contribution in [0.25, 0.3) is 0 Å². The standard InChI is InChI=1S/C35H50FN7O5/c1-6-27-32(41-48-40-27)34(46)39-31(24-11-7-20(2)8-12-24)33(45)37-28-14-13-25(18-26(28)36)22(4)30(38-29(44)17-23-9-10-23)35(47)43-16-15-42(5)21(3)19-43/h13-14,18,20-24,30-31H,6-12,15-17,19H2,1-5H3,(H,37,45)(H,38,44)(H,39,46)/t20?,21-,22-,24?,30+,31-/m0/s1. The first-order valence-electron chi connectivity index (χ1n) is 17.5. The van der Waals surface area contributed by atoms with E-state index in [2.05, 4.69) is 45.0 Å². The number of aromatic nitrogens is 2. The molecule has 262 valence electrons. The van der Waals surface area contributed by atoms with Crippen LogP contribution in [0.5, 0.6) is 0 Å². The lowest BCUT2D eigenvalue weighted by atomic mass is 9.79. The molecule has 4 atom stereocenters. The molecule has 0 radical (unpaired) electrons. The first-order chi connectivity index (χ1) is 22.9. The Labute approximate surface area is 281 Å². The largest absolute Gasteiger partial charge is 0.344 e. The molecule has 4 amide bonds. The van der Waals surface area contributed by atoms with Crippen LogP contribution in [0.15, 0.2) is 22.8 Å². The summed E-state index contributed by atoms with van der Waals surface area (Å²) in [5, 5.41) is 16.0. The van der Waals surface area contributed by atoms with Gasteiger partial charge in [-0.3, -0.25) is 19.2 Å². The van der Waals surface area contributed by atoms with Gasteiger partial charge in [-0.2, -0.15) is 0 Å². The maximum atomic E-state index is 15.7. The highest BCUT2D eigenvalue weighted by Gasteiger charge is 2.37. The van der Waals surface area contributed by atoms with Crippen molar-refractivity contribution >= 4 is 29.3 Å². The minimum absolute atomic E-state index is 0.0309. The number of anilines is 1. The third-order valence-corrected chi connectivity index (χ3v) is 10.5. The molecular formula is C35H50FN7O5. The number of hydrogen-bond acceptors (Lipinski definition) is 8. The Morgan fingerprint density at radius 3 is 2.40 bits per heavy atom. The molecule has 2 saturated carbocycles. The van der Waals surface area contributed by atoms with Crippen molar-refractivity contribution in [1.82, 2.24) is 30.7 Å². The van der Waals surface area contributed by atoms with Crippen molar-refractivity contribution < 1.29 is 28.2 Å². The van der Waals surface area contributed by atoms with Crippen LogP contribution in [-0.2, 0) is 20.8 Å². The Morgan fingerprint density at radius 1 is 1.02 bits per heavy atom. The van der Waals surface area contributed by atoms with E-state index < -0.39 is 35.6 Å². The number of hydrogen-bond donors (Lipinski definition) is 3. The minimum Gasteiger partial charge on any atom is -0.344 e. The van der Waals surface area contributed by atoms with Crippen molar-refractivity contribution in [3.8, 4) is 0 Å². The van der Waals surface area contributed by atoms with Gasteiger partial charge in [0.05, 0.1) is 5.69 Å². The summed E-state index contributed by atoms with van der Waals surface area (Å²) < 4.78 is 20.5. The molecule has 1 aromatic carbocycles. The van der Waals surface area contributed by atoms with E-state index in [1.54, 1.807) is 11.0 Å². The highest BCUT2D eigenvalue weighted by molar-refractivity contribution is 6.01. The Hall–Kier alpha value is -3.87. The molecule has 1 aliphatic heterocycles. The molecule has 1 aromatic heterocycles. The number of rotatable bonds is 12. The van der Waals surface area contributed by atoms with Crippen molar-refractivity contribution in [1.29, 1.82) is 0 Å². The van der Waals surface area contributed by atoms with E-state index in [1.807, 2.05) is 20.9 Å². The molecule has 48 heavy (non-hydrogen) atoms. The van der Waals surface area contributed by atoms with Crippen LogP contribution in [0.1, 0.15) is 100 Å². The summed E-state index contributed by atoms with van der Waals surface area (Å²) in [5.41, 5.74) is 0.908. The van der Waals surface area contributed by atoms with E-state index in [1.165, 1.54) is 12.1 Å². The minimum atomic E-state index is -0.918. The van der Waals surface area contributed by atoms with Gasteiger partial charge in [-0.25, -0.2) is 9.02 Å². The lowest BCUT2D eigenvalue weighted by molar-refractivity contribution is -0.139. The summed E-state index contributed by atoms with van der Waals surface area (Å²) in [6, 6.07) is 2.85. The lowest BCUT2D eigenvalue weighted by Gasteiger charge is -2.40. The summed E-state index contributed by atoms with van der Waals surface area (Å²) in [7, 11) is 2.02. The Bertz CT molecular complexity index is 1470. The Kier molecular flexibility index (Phi) is 11.5. The molecule has 5 rings (SSSR count). The van der Waals surface area contributed by atoms with Gasteiger partial charge < -0.3 is 25.8 Å². The second kappa shape index (κ2) is 15.6. The molecule has 3 N–H and O–H groups in total. The molecule has 2 heterocycles. The number of aryl methyl sites for hydroxylation is 1. The zero-order valence-corrected chi connectivity index (χ0v) is 28.8. The fourth-order valence-corrected chi connectivity index (χ4v) is 6.82. The number of carbonyl (C=O) groups excluding carboxylic acids is 4. The van der Waals surface area contributed by atoms with Gasteiger partial charge in [-0.15, -0.1) is 0 Å². The first kappa shape index (κ1) is 35.4. The number of benzene rings is 1. The summed E-state index contributed by atoms with van der Waals surface area (Å²) in [6.07, 6.45) is 6.15. The van der Waals surface area contributed by atoms with Gasteiger partial charge in [0.25, 0.3) is 5.91 Å². The third kappa shape index (κ3) is 8.58.